The summed E-state index contributed by atoms with van der Waals surface area (Å²) in [5, 5.41) is 33.4. The third-order valence-corrected chi connectivity index (χ3v) is 8.26. The summed E-state index contributed by atoms with van der Waals surface area (Å²) in [4.78, 5) is 13.8. The van der Waals surface area contributed by atoms with Gasteiger partial charge >= 0.3 is 5.97 Å². The molecule has 3 heterocycles. The van der Waals surface area contributed by atoms with Crippen LogP contribution in [0.2, 0.25) is 0 Å². The van der Waals surface area contributed by atoms with Gasteiger partial charge in [-0.1, -0.05) is 31.1 Å². The van der Waals surface area contributed by atoms with E-state index in [0.29, 0.717) is 17.0 Å². The molecule has 1 aliphatic heterocycles. The molecule has 1 saturated heterocycles. The summed E-state index contributed by atoms with van der Waals surface area (Å²) < 4.78 is 11.8. The molecule has 0 bridgehead atoms. The van der Waals surface area contributed by atoms with E-state index in [1.165, 1.54) is 0 Å². The summed E-state index contributed by atoms with van der Waals surface area (Å²) in [6, 6.07) is 16.7. The lowest BCUT2D eigenvalue weighted by atomic mass is 9.61. The van der Waals surface area contributed by atoms with Crippen molar-refractivity contribution in [2.24, 2.45) is 11.3 Å². The second kappa shape index (κ2) is 9.87. The number of para-hydroxylation sites is 1. The third kappa shape index (κ3) is 4.89. The predicted molar refractivity (Wildman–Crippen MR) is 146 cm³/mol. The van der Waals surface area contributed by atoms with Crippen LogP contribution >= 0.6 is 0 Å². The van der Waals surface area contributed by atoms with Gasteiger partial charge in [0, 0.05) is 30.1 Å². The Morgan fingerprint density at radius 2 is 1.85 bits per heavy atom. The van der Waals surface area contributed by atoms with Crippen molar-refractivity contribution >= 4 is 22.7 Å². The van der Waals surface area contributed by atoms with Crippen molar-refractivity contribution in [3.8, 4) is 22.8 Å². The van der Waals surface area contributed by atoms with Gasteiger partial charge < -0.3 is 24.4 Å². The summed E-state index contributed by atoms with van der Waals surface area (Å²) in [6.45, 7) is 5.48. The minimum Gasteiger partial charge on any atom is -0.507 e. The molecule has 4 aromatic rings. The molecule has 2 N–H and O–H groups in total. The van der Waals surface area contributed by atoms with Gasteiger partial charge in [0.25, 0.3) is 0 Å². The van der Waals surface area contributed by atoms with E-state index >= 15 is 0 Å². The number of nitrogens with zero attached hydrogens (tertiary/aromatic N) is 4. The van der Waals surface area contributed by atoms with Crippen molar-refractivity contribution in [1.82, 2.24) is 15.4 Å². The van der Waals surface area contributed by atoms with E-state index in [2.05, 4.69) is 20.3 Å². The number of hydrogen-bond donors (Lipinski definition) is 2. The van der Waals surface area contributed by atoms with Crippen LogP contribution in [0.15, 0.2) is 59.1 Å². The van der Waals surface area contributed by atoms with Crippen molar-refractivity contribution in [3.05, 3.63) is 60.4 Å². The van der Waals surface area contributed by atoms with Gasteiger partial charge in [-0.3, -0.25) is 4.79 Å². The monoisotopic (exact) mass is 528 g/mol. The number of ether oxygens (including phenoxy) is 1. The maximum atomic E-state index is 11.6. The van der Waals surface area contributed by atoms with Crippen LogP contribution in [0.4, 0.5) is 5.82 Å². The Morgan fingerprint density at radius 1 is 1.08 bits per heavy atom. The molecule has 0 radical (unpaired) electrons. The van der Waals surface area contributed by atoms with E-state index in [1.54, 1.807) is 18.2 Å². The predicted octanol–water partition coefficient (Wildman–Crippen LogP) is 5.64. The highest BCUT2D eigenvalue weighted by atomic mass is 16.5. The number of aromatic hydroxyl groups is 1. The Labute approximate surface area is 226 Å². The lowest BCUT2D eigenvalue weighted by Gasteiger charge is -2.51. The zero-order valence-electron chi connectivity index (χ0n) is 22.1. The zero-order chi connectivity index (χ0) is 27.1. The first-order valence-electron chi connectivity index (χ1n) is 13.5. The number of phenolic OH excluding ortho intramolecular Hbond substituents is 1. The number of piperidine rings is 1. The number of hydrogen-bond acceptors (Lipinski definition) is 8. The number of carboxylic acids is 1. The highest BCUT2D eigenvalue weighted by molar-refractivity contribution is 5.84. The van der Waals surface area contributed by atoms with Crippen molar-refractivity contribution in [2.75, 3.05) is 18.0 Å². The molecule has 9 nitrogen and oxygen atoms in total. The van der Waals surface area contributed by atoms with Gasteiger partial charge in [-0.25, -0.2) is 0 Å². The molecule has 1 saturated carbocycles. The van der Waals surface area contributed by atoms with Crippen LogP contribution in [0.3, 0.4) is 0 Å². The quantitative estimate of drug-likeness (QED) is 0.314. The summed E-state index contributed by atoms with van der Waals surface area (Å²) >= 11 is 0. The summed E-state index contributed by atoms with van der Waals surface area (Å²) in [6.07, 6.45) is 4.27. The molecule has 9 heteroatoms. The average Bonchev–Trinajstić information content (AvgIpc) is 3.37. The number of carboxylic acid groups (broad SMARTS) is 1. The first-order chi connectivity index (χ1) is 18.8. The first kappa shape index (κ1) is 25.2. The second-order valence-corrected chi connectivity index (χ2v) is 11.2. The second-order valence-electron chi connectivity index (χ2n) is 11.2. The van der Waals surface area contributed by atoms with E-state index in [-0.39, 0.29) is 23.2 Å². The minimum atomic E-state index is -0.888. The van der Waals surface area contributed by atoms with Gasteiger partial charge in [0.1, 0.15) is 17.4 Å². The number of anilines is 1. The van der Waals surface area contributed by atoms with Crippen molar-refractivity contribution in [2.45, 2.75) is 51.6 Å². The smallest absolute Gasteiger partial charge is 0.314 e. The van der Waals surface area contributed by atoms with Gasteiger partial charge in [-0.15, -0.1) is 10.2 Å². The fourth-order valence-corrected chi connectivity index (χ4v) is 6.03. The van der Waals surface area contributed by atoms with Crippen molar-refractivity contribution < 1.29 is 24.3 Å². The SMILES string of the molecule is CC(C)C(C(=O)O)c1cc(N2CCC3(CC2)CC(Oc2ccc4nnc(-c5ccccc5O)cc4c2)C3)no1. The fourth-order valence-electron chi connectivity index (χ4n) is 6.03. The largest absolute Gasteiger partial charge is 0.507 e. The number of rotatable bonds is 7. The van der Waals surface area contributed by atoms with Crippen LogP contribution in [-0.2, 0) is 4.79 Å². The Hall–Kier alpha value is -4.14. The van der Waals surface area contributed by atoms with Crippen LogP contribution in [-0.4, -0.2) is 50.7 Å². The van der Waals surface area contributed by atoms with Gasteiger partial charge in [0.15, 0.2) is 11.6 Å². The van der Waals surface area contributed by atoms with Crippen LogP contribution in [0, 0.1) is 11.3 Å². The van der Waals surface area contributed by atoms with Gasteiger partial charge in [0.05, 0.1) is 17.3 Å². The van der Waals surface area contributed by atoms with E-state index < -0.39 is 11.9 Å². The molecule has 2 aromatic heterocycles. The number of aliphatic carboxylic acids is 1. The highest BCUT2D eigenvalue weighted by Crippen LogP contribution is 2.51. The normalized spacial score (nSPS) is 17.9. The van der Waals surface area contributed by atoms with Crippen molar-refractivity contribution in [1.29, 1.82) is 0 Å². The zero-order valence-corrected chi connectivity index (χ0v) is 22.1. The van der Waals surface area contributed by atoms with Crippen LogP contribution < -0.4 is 9.64 Å². The lowest BCUT2D eigenvalue weighted by Crippen LogP contribution is -2.51. The molecule has 2 fully saturated rings. The lowest BCUT2D eigenvalue weighted by molar-refractivity contribution is -0.140. The minimum absolute atomic E-state index is 0.0744. The Morgan fingerprint density at radius 3 is 2.56 bits per heavy atom. The summed E-state index contributed by atoms with van der Waals surface area (Å²) in [7, 11) is 0. The number of carbonyl (C=O) groups is 1. The molecular formula is C30H32N4O5. The van der Waals surface area contributed by atoms with Gasteiger partial charge in [-0.2, -0.15) is 0 Å². The Balaban J connectivity index is 1.06. The van der Waals surface area contributed by atoms with Gasteiger partial charge in [0.2, 0.25) is 0 Å². The molecule has 1 unspecified atom stereocenters. The topological polar surface area (TPSA) is 122 Å². The molecule has 39 heavy (non-hydrogen) atoms. The summed E-state index contributed by atoms with van der Waals surface area (Å²) in [5.41, 5.74) is 2.32. The van der Waals surface area contributed by atoms with E-state index in [4.69, 9.17) is 9.26 Å². The molecule has 0 amide bonds. The highest BCUT2D eigenvalue weighted by Gasteiger charge is 2.47. The maximum Gasteiger partial charge on any atom is 0.314 e. The van der Waals surface area contributed by atoms with Crippen LogP contribution in [0.25, 0.3) is 22.2 Å². The van der Waals surface area contributed by atoms with Crippen LogP contribution in [0.5, 0.6) is 11.5 Å². The third-order valence-electron chi connectivity index (χ3n) is 8.26. The molecule has 1 spiro atoms. The molecule has 2 aromatic carbocycles. The fraction of sp³-hybridized carbons (Fsp3) is 0.400. The summed E-state index contributed by atoms with van der Waals surface area (Å²) in [5.74, 6) is 0.472. The maximum absolute atomic E-state index is 11.6. The number of fused-ring (bicyclic) bond motifs is 1. The molecule has 202 valence electrons. The number of phenols is 1. The first-order valence-corrected chi connectivity index (χ1v) is 13.5. The Kier molecular flexibility index (Phi) is 6.37. The average molecular weight is 529 g/mol. The molecule has 1 atom stereocenters. The number of aromatic nitrogens is 3. The Bertz CT molecular complexity index is 1500. The standard InChI is InChI=1S/C30H32N4O5/c1-18(2)28(29(36)37)26-15-27(33-39-26)34-11-9-30(10-12-34)16-21(17-30)38-20-7-8-23-19(13-20)14-24(32-31-23)22-5-3-4-6-25(22)35/h3-8,13-15,18,21,28,35H,9-12,16-17H2,1-2H3,(H,36,37). The van der Waals surface area contributed by atoms with E-state index in [0.717, 1.165) is 61.2 Å². The number of benzene rings is 2. The van der Waals surface area contributed by atoms with Crippen LogP contribution in [0.1, 0.15) is 51.2 Å². The van der Waals surface area contributed by atoms with E-state index in [9.17, 15) is 15.0 Å². The van der Waals surface area contributed by atoms with E-state index in [1.807, 2.05) is 50.2 Å². The molecule has 6 rings (SSSR count). The molecular weight excluding hydrogens is 496 g/mol. The van der Waals surface area contributed by atoms with Gasteiger partial charge in [-0.05, 0) is 73.4 Å². The molecule has 2 aliphatic rings. The molecule has 1 aliphatic carbocycles. The van der Waals surface area contributed by atoms with Crippen molar-refractivity contribution in [3.63, 3.8) is 0 Å².